The van der Waals surface area contributed by atoms with Gasteiger partial charge < -0.3 is 25.5 Å². The molecule has 0 radical (unpaired) electrons. The van der Waals surface area contributed by atoms with Crippen LogP contribution < -0.4 is 15.5 Å². The summed E-state index contributed by atoms with van der Waals surface area (Å²) in [4.78, 5) is 18.2. The Morgan fingerprint density at radius 3 is 1.89 bits per heavy atom. The van der Waals surface area contributed by atoms with Crippen LogP contribution in [0.25, 0.3) is 0 Å². The molecule has 3 N–H and O–H groups in total. The maximum absolute atomic E-state index is 8.92. The number of aliphatic hydroxyl groups excluding tert-OH is 1. The highest BCUT2D eigenvalue weighted by molar-refractivity contribution is 5.49. The summed E-state index contributed by atoms with van der Waals surface area (Å²) in [5.41, 5.74) is 2.59. The first kappa shape index (κ1) is 33.6. The van der Waals surface area contributed by atoms with Crippen LogP contribution in [-0.4, -0.2) is 116 Å². The van der Waals surface area contributed by atoms with Crippen LogP contribution in [0.15, 0.2) is 30.3 Å². The van der Waals surface area contributed by atoms with E-state index in [1.54, 1.807) is 0 Å². The lowest BCUT2D eigenvalue weighted by Gasteiger charge is -2.35. The molecule has 4 rings (SSSR count). The van der Waals surface area contributed by atoms with Gasteiger partial charge in [-0.3, -0.25) is 9.80 Å². The minimum atomic E-state index is 0.233. The minimum Gasteiger partial charge on any atom is -0.395 e. The summed E-state index contributed by atoms with van der Waals surface area (Å²) in [6.07, 6.45) is 0. The number of rotatable bonds is 7. The Bertz CT molecular complexity index is 848. The molecule has 1 aromatic carbocycles. The van der Waals surface area contributed by atoms with Crippen molar-refractivity contribution in [2.45, 2.75) is 41.2 Å². The average molecular weight is 531 g/mol. The van der Waals surface area contributed by atoms with E-state index in [1.807, 2.05) is 54.8 Å². The Morgan fingerprint density at radius 1 is 0.789 bits per heavy atom. The van der Waals surface area contributed by atoms with E-state index in [1.165, 1.54) is 37.4 Å². The molecule has 216 valence electrons. The van der Waals surface area contributed by atoms with E-state index in [-0.39, 0.29) is 6.61 Å². The third-order valence-electron chi connectivity index (χ3n) is 6.44. The number of aryl methyl sites for hydroxylation is 1. The maximum Gasteiger partial charge on any atom is 0.134 e. The van der Waals surface area contributed by atoms with Crippen LogP contribution in [0.2, 0.25) is 0 Å². The Labute approximate surface area is 232 Å². The van der Waals surface area contributed by atoms with Gasteiger partial charge in [0.2, 0.25) is 0 Å². The maximum atomic E-state index is 8.92. The number of anilines is 3. The van der Waals surface area contributed by atoms with Gasteiger partial charge >= 0.3 is 0 Å². The number of nitrogens with one attached hydrogen (secondary N) is 2. The first-order valence-corrected chi connectivity index (χ1v) is 14.3. The van der Waals surface area contributed by atoms with Gasteiger partial charge in [0.15, 0.2) is 0 Å². The molecule has 2 saturated heterocycles. The lowest BCUT2D eigenvalue weighted by atomic mass is 10.2. The molecule has 0 spiro atoms. The molecule has 0 bridgehead atoms. The van der Waals surface area contributed by atoms with E-state index in [2.05, 4.69) is 71.5 Å². The highest BCUT2D eigenvalue weighted by Gasteiger charge is 2.18. The van der Waals surface area contributed by atoms with Crippen LogP contribution in [0.5, 0.6) is 0 Å². The number of likely N-dealkylation sites (N-methyl/N-ethyl adjacent to an activating group) is 1. The monoisotopic (exact) mass is 530 g/mol. The van der Waals surface area contributed by atoms with Gasteiger partial charge in [-0.05, 0) is 31.7 Å². The van der Waals surface area contributed by atoms with Gasteiger partial charge in [-0.15, -0.1) is 0 Å². The van der Waals surface area contributed by atoms with Gasteiger partial charge in [0.25, 0.3) is 0 Å². The third-order valence-corrected chi connectivity index (χ3v) is 6.44. The molecule has 9 nitrogen and oxygen atoms in total. The van der Waals surface area contributed by atoms with Crippen molar-refractivity contribution in [2.24, 2.45) is 0 Å². The Balaban J connectivity index is 0.000000338. The first-order chi connectivity index (χ1) is 18.5. The predicted molar refractivity (Wildman–Crippen MR) is 164 cm³/mol. The second-order valence-electron chi connectivity index (χ2n) is 8.99. The van der Waals surface area contributed by atoms with E-state index >= 15 is 0 Å². The number of hydrogen-bond donors (Lipinski definition) is 3. The van der Waals surface area contributed by atoms with E-state index < -0.39 is 0 Å². The Kier molecular flexibility index (Phi) is 17.3. The molecule has 0 unspecified atom stereocenters. The number of nitrogens with zero attached hydrogens (tertiary/aromatic N) is 6. The van der Waals surface area contributed by atoms with Crippen molar-refractivity contribution in [3.05, 3.63) is 41.7 Å². The number of piperazine rings is 2. The summed E-state index contributed by atoms with van der Waals surface area (Å²) >= 11 is 0. The van der Waals surface area contributed by atoms with Gasteiger partial charge in [-0.25, -0.2) is 9.97 Å². The first-order valence-electron chi connectivity index (χ1n) is 14.3. The van der Waals surface area contributed by atoms with Gasteiger partial charge in [-0.2, -0.15) is 0 Å². The normalized spacial score (nSPS) is 16.2. The Morgan fingerprint density at radius 2 is 1.37 bits per heavy atom. The second kappa shape index (κ2) is 19.6. The van der Waals surface area contributed by atoms with Crippen molar-refractivity contribution in [2.75, 3.05) is 102 Å². The van der Waals surface area contributed by atoms with Crippen LogP contribution in [0.4, 0.5) is 17.3 Å². The van der Waals surface area contributed by atoms with Crippen LogP contribution in [0, 0.1) is 6.92 Å². The second-order valence-corrected chi connectivity index (χ2v) is 8.99. The SMILES string of the molecule is CC.CC.CNc1cc(N2CCN(CCO)CC2)nc(C)n1.CNc1ccc(CN2CCN(C)CC2)cc1. The number of β-amino-alcohol motifs (C(OH)–C–C–N with tert-alkyl or cyclic N) is 1. The molecule has 9 heteroatoms. The van der Waals surface area contributed by atoms with E-state index in [4.69, 9.17) is 5.11 Å². The largest absolute Gasteiger partial charge is 0.395 e. The van der Waals surface area contributed by atoms with Crippen molar-refractivity contribution in [1.29, 1.82) is 0 Å². The quantitative estimate of drug-likeness (QED) is 0.498. The standard InChI is InChI=1S/C13H21N3.C12H21N5O.2C2H6/c1-14-13-5-3-12(4-6-13)11-16-9-7-15(2)8-10-16;1-10-14-11(13-2)9-12(15-10)17-5-3-16(4-6-17)7-8-18;2*1-2/h3-6,14H,7-11H2,1-2H3;9,18H,3-8H2,1-2H3,(H,13,14,15);2*1-2H3. The zero-order chi connectivity index (χ0) is 28.3. The number of hydrogen-bond acceptors (Lipinski definition) is 9. The summed E-state index contributed by atoms with van der Waals surface area (Å²) < 4.78 is 0. The minimum absolute atomic E-state index is 0.233. The predicted octanol–water partition coefficient (Wildman–Crippen LogP) is 3.47. The molecule has 0 saturated carbocycles. The molecule has 0 aliphatic carbocycles. The molecule has 2 aromatic rings. The van der Waals surface area contributed by atoms with Crippen molar-refractivity contribution in [1.82, 2.24) is 24.7 Å². The fourth-order valence-electron chi connectivity index (χ4n) is 4.23. The molecule has 0 atom stereocenters. The summed E-state index contributed by atoms with van der Waals surface area (Å²) in [7, 11) is 6.01. The topological polar surface area (TPSA) is 83.0 Å². The lowest BCUT2D eigenvalue weighted by molar-refractivity contribution is 0.148. The highest BCUT2D eigenvalue weighted by Crippen LogP contribution is 2.17. The molecule has 2 aliphatic rings. The smallest absolute Gasteiger partial charge is 0.134 e. The fraction of sp³-hybridized carbons (Fsp3) is 0.655. The molecular weight excluding hydrogens is 476 g/mol. The zero-order valence-corrected chi connectivity index (χ0v) is 25.3. The van der Waals surface area contributed by atoms with Gasteiger partial charge in [-0.1, -0.05) is 39.8 Å². The molecule has 2 fully saturated rings. The molecule has 3 heterocycles. The summed E-state index contributed by atoms with van der Waals surface area (Å²) in [5, 5.41) is 15.1. The molecule has 1 aromatic heterocycles. The van der Waals surface area contributed by atoms with E-state index in [0.29, 0.717) is 0 Å². The zero-order valence-electron chi connectivity index (χ0n) is 25.3. The Hall–Kier alpha value is -2.46. The number of aliphatic hydroxyl groups is 1. The molecular formula is C29H54N8O. The van der Waals surface area contributed by atoms with E-state index in [9.17, 15) is 0 Å². The summed E-state index contributed by atoms with van der Waals surface area (Å²) in [6, 6.07) is 10.7. The molecule has 2 aliphatic heterocycles. The molecule has 38 heavy (non-hydrogen) atoms. The van der Waals surface area contributed by atoms with Gasteiger partial charge in [0.05, 0.1) is 6.61 Å². The van der Waals surface area contributed by atoms with Crippen LogP contribution in [-0.2, 0) is 6.54 Å². The average Bonchev–Trinajstić information content (AvgIpc) is 2.97. The van der Waals surface area contributed by atoms with Gasteiger partial charge in [0.1, 0.15) is 17.5 Å². The van der Waals surface area contributed by atoms with Crippen molar-refractivity contribution >= 4 is 17.3 Å². The van der Waals surface area contributed by atoms with Crippen molar-refractivity contribution in [3.63, 3.8) is 0 Å². The summed E-state index contributed by atoms with van der Waals surface area (Å²) in [6.45, 7) is 20.6. The van der Waals surface area contributed by atoms with Gasteiger partial charge in [0, 0.05) is 91.3 Å². The van der Waals surface area contributed by atoms with Crippen molar-refractivity contribution < 1.29 is 5.11 Å². The number of aromatic nitrogens is 2. The van der Waals surface area contributed by atoms with Crippen LogP contribution >= 0.6 is 0 Å². The third kappa shape index (κ3) is 11.9. The van der Waals surface area contributed by atoms with Crippen LogP contribution in [0.3, 0.4) is 0 Å². The van der Waals surface area contributed by atoms with Crippen molar-refractivity contribution in [3.8, 4) is 0 Å². The molecule has 0 amide bonds. The number of benzene rings is 1. The van der Waals surface area contributed by atoms with Crippen LogP contribution in [0.1, 0.15) is 39.1 Å². The highest BCUT2D eigenvalue weighted by atomic mass is 16.3. The fourth-order valence-corrected chi connectivity index (χ4v) is 4.23. The van der Waals surface area contributed by atoms with E-state index in [0.717, 1.165) is 56.7 Å². The summed E-state index contributed by atoms with van der Waals surface area (Å²) in [5.74, 6) is 2.63. The lowest BCUT2D eigenvalue weighted by Crippen LogP contribution is -2.47.